The van der Waals surface area contributed by atoms with Crippen LogP contribution in [0.5, 0.6) is 0 Å². The van der Waals surface area contributed by atoms with Gasteiger partial charge in [0.05, 0.1) is 39.9 Å². The number of quaternary nitrogens is 1. The maximum absolute atomic E-state index is 13.0. The summed E-state index contributed by atoms with van der Waals surface area (Å²) in [5, 5.41) is 14.0. The van der Waals surface area contributed by atoms with Crippen molar-refractivity contribution in [1.82, 2.24) is 5.32 Å². The summed E-state index contributed by atoms with van der Waals surface area (Å²) in [7, 11) is 1.30. The zero-order valence-electron chi connectivity index (χ0n) is 45.1. The van der Waals surface area contributed by atoms with Gasteiger partial charge in [-0.15, -0.1) is 0 Å². The molecule has 2 N–H and O–H groups in total. The first-order valence-corrected chi connectivity index (χ1v) is 30.3. The molecule has 0 aliphatic heterocycles. The van der Waals surface area contributed by atoms with Gasteiger partial charge in [0.15, 0.2) is 0 Å². The van der Waals surface area contributed by atoms with E-state index in [9.17, 15) is 19.4 Å². The Morgan fingerprint density at radius 3 is 1.33 bits per heavy atom. The standard InChI is InChI=1S/C58H113N2O6P/c1-6-8-10-12-14-16-18-20-22-24-25-26-27-28-29-30-31-32-33-34-36-37-39-41-43-45-47-49-51-57(61)56(55-66-67(63,64)65-54-53-60(3,4)5)59-58(62)52-50-48-46-44-42-40-38-35-23-21-19-17-15-13-11-9-7-2/h9,11,15,17,21,23,56-57,61H,6-8,10,12-14,16,18-20,22,24-55H2,1-5H3,(H-,59,62,63,64)/b11-9-,17-15-,23-21-. The predicted molar refractivity (Wildman–Crippen MR) is 288 cm³/mol. The zero-order valence-corrected chi connectivity index (χ0v) is 46.0. The second-order valence-electron chi connectivity index (χ2n) is 21.0. The smallest absolute Gasteiger partial charge is 0.268 e. The van der Waals surface area contributed by atoms with Gasteiger partial charge in [-0.3, -0.25) is 9.36 Å². The normalized spacial score (nSPS) is 14.2. The molecule has 0 spiro atoms. The maximum atomic E-state index is 13.0. The molecule has 0 aromatic carbocycles. The molecule has 0 heterocycles. The highest BCUT2D eigenvalue weighted by molar-refractivity contribution is 7.45. The molecule has 0 saturated carbocycles. The van der Waals surface area contributed by atoms with Crippen molar-refractivity contribution in [3.8, 4) is 0 Å². The number of phosphoric acid groups is 1. The molecule has 0 aliphatic carbocycles. The summed E-state index contributed by atoms with van der Waals surface area (Å²) >= 11 is 0. The van der Waals surface area contributed by atoms with Crippen LogP contribution in [-0.2, 0) is 18.4 Å². The van der Waals surface area contributed by atoms with Crippen molar-refractivity contribution in [2.45, 2.75) is 289 Å². The van der Waals surface area contributed by atoms with Crippen molar-refractivity contribution in [3.05, 3.63) is 36.5 Å². The van der Waals surface area contributed by atoms with Gasteiger partial charge >= 0.3 is 0 Å². The molecule has 0 fully saturated rings. The molecule has 3 unspecified atom stereocenters. The Balaban J connectivity index is 4.11. The Morgan fingerprint density at radius 1 is 0.537 bits per heavy atom. The van der Waals surface area contributed by atoms with Crippen LogP contribution in [-0.4, -0.2) is 68.5 Å². The number of carbonyl (C=O) groups excluding carboxylic acids is 1. The van der Waals surface area contributed by atoms with Crippen molar-refractivity contribution < 1.29 is 32.9 Å². The molecule has 0 aliphatic rings. The lowest BCUT2D eigenvalue weighted by atomic mass is 10.0. The molecule has 0 radical (unpaired) electrons. The monoisotopic (exact) mass is 965 g/mol. The van der Waals surface area contributed by atoms with Gasteiger partial charge in [-0.25, -0.2) is 0 Å². The number of rotatable bonds is 53. The van der Waals surface area contributed by atoms with Crippen LogP contribution in [0, 0.1) is 0 Å². The Kier molecular flexibility index (Phi) is 48.7. The molecule has 3 atom stereocenters. The van der Waals surface area contributed by atoms with Gasteiger partial charge in [-0.2, -0.15) is 0 Å². The van der Waals surface area contributed by atoms with E-state index >= 15 is 0 Å². The largest absolute Gasteiger partial charge is 0.756 e. The Morgan fingerprint density at radius 2 is 0.910 bits per heavy atom. The van der Waals surface area contributed by atoms with Crippen molar-refractivity contribution in [2.75, 3.05) is 40.9 Å². The first kappa shape index (κ1) is 65.7. The predicted octanol–water partition coefficient (Wildman–Crippen LogP) is 16.7. The van der Waals surface area contributed by atoms with Gasteiger partial charge in [0.25, 0.3) is 7.82 Å². The van der Waals surface area contributed by atoms with Crippen LogP contribution < -0.4 is 10.2 Å². The highest BCUT2D eigenvalue weighted by Crippen LogP contribution is 2.38. The number of hydrogen-bond donors (Lipinski definition) is 2. The second kappa shape index (κ2) is 49.7. The first-order chi connectivity index (χ1) is 32.5. The fraction of sp³-hybridized carbons (Fsp3) is 0.879. The average molecular weight is 966 g/mol. The summed E-state index contributed by atoms with van der Waals surface area (Å²) in [5.74, 6) is -0.172. The Hall–Kier alpha value is -1.28. The van der Waals surface area contributed by atoms with Gasteiger partial charge in [-0.1, -0.05) is 262 Å². The quantitative estimate of drug-likeness (QED) is 0.0272. The lowest BCUT2D eigenvalue weighted by Gasteiger charge is -2.30. The third kappa shape index (κ3) is 52.4. The highest BCUT2D eigenvalue weighted by atomic mass is 31.2. The molecular weight excluding hydrogens is 852 g/mol. The minimum Gasteiger partial charge on any atom is -0.756 e. The van der Waals surface area contributed by atoms with Gasteiger partial charge in [-0.05, 0) is 44.9 Å². The van der Waals surface area contributed by atoms with Crippen molar-refractivity contribution in [2.24, 2.45) is 0 Å². The van der Waals surface area contributed by atoms with Crippen molar-refractivity contribution in [3.63, 3.8) is 0 Å². The molecule has 9 heteroatoms. The number of likely N-dealkylation sites (N-methyl/N-ethyl adjacent to an activating group) is 1. The fourth-order valence-corrected chi connectivity index (χ4v) is 9.37. The van der Waals surface area contributed by atoms with Crippen LogP contribution in [0.25, 0.3) is 0 Å². The average Bonchev–Trinajstić information content (AvgIpc) is 3.29. The molecule has 8 nitrogen and oxygen atoms in total. The van der Waals surface area contributed by atoms with Gasteiger partial charge in [0, 0.05) is 6.42 Å². The number of nitrogens with one attached hydrogen (secondary N) is 1. The summed E-state index contributed by atoms with van der Waals surface area (Å²) in [4.78, 5) is 25.5. The van der Waals surface area contributed by atoms with E-state index < -0.39 is 20.0 Å². The van der Waals surface area contributed by atoms with E-state index in [2.05, 4.69) is 55.6 Å². The van der Waals surface area contributed by atoms with Crippen LogP contribution >= 0.6 is 7.82 Å². The van der Waals surface area contributed by atoms with Crippen LogP contribution in [0.3, 0.4) is 0 Å². The second-order valence-corrected chi connectivity index (χ2v) is 22.4. The molecule has 0 bridgehead atoms. The van der Waals surface area contributed by atoms with Gasteiger partial charge < -0.3 is 28.8 Å². The summed E-state index contributed by atoms with van der Waals surface area (Å²) in [6.07, 6.45) is 63.3. The van der Waals surface area contributed by atoms with Crippen LogP contribution in [0.2, 0.25) is 0 Å². The fourth-order valence-electron chi connectivity index (χ4n) is 8.65. The number of aliphatic hydroxyl groups is 1. The third-order valence-corrected chi connectivity index (χ3v) is 14.1. The van der Waals surface area contributed by atoms with E-state index in [1.54, 1.807) is 0 Å². The number of nitrogens with zero attached hydrogens (tertiary/aromatic N) is 1. The summed E-state index contributed by atoms with van der Waals surface area (Å²) < 4.78 is 23.4. The van der Waals surface area contributed by atoms with E-state index in [0.29, 0.717) is 23.9 Å². The number of unbranched alkanes of at least 4 members (excludes halogenated alkanes) is 34. The summed E-state index contributed by atoms with van der Waals surface area (Å²) in [6, 6.07) is -0.807. The Bertz CT molecular complexity index is 1190. The molecule has 0 aromatic rings. The van der Waals surface area contributed by atoms with Crippen LogP contribution in [0.1, 0.15) is 277 Å². The topological polar surface area (TPSA) is 108 Å². The number of carbonyl (C=O) groups is 1. The van der Waals surface area contributed by atoms with E-state index in [0.717, 1.165) is 64.2 Å². The molecule has 0 rings (SSSR count). The lowest BCUT2D eigenvalue weighted by Crippen LogP contribution is -2.46. The highest BCUT2D eigenvalue weighted by Gasteiger charge is 2.24. The maximum Gasteiger partial charge on any atom is 0.268 e. The Labute approximate surface area is 417 Å². The number of allylic oxidation sites excluding steroid dienone is 6. The van der Waals surface area contributed by atoms with E-state index in [1.165, 1.54) is 186 Å². The molecule has 0 saturated heterocycles. The van der Waals surface area contributed by atoms with Gasteiger partial charge in [0.2, 0.25) is 5.91 Å². The van der Waals surface area contributed by atoms with Gasteiger partial charge in [0.1, 0.15) is 13.2 Å². The first-order valence-electron chi connectivity index (χ1n) is 28.8. The molecule has 0 aromatic heterocycles. The zero-order chi connectivity index (χ0) is 49.2. The molecule has 396 valence electrons. The number of amides is 1. The summed E-state index contributed by atoms with van der Waals surface area (Å²) in [6.45, 7) is 4.63. The van der Waals surface area contributed by atoms with E-state index in [1.807, 2.05) is 21.1 Å². The molecule has 67 heavy (non-hydrogen) atoms. The lowest BCUT2D eigenvalue weighted by molar-refractivity contribution is -0.870. The van der Waals surface area contributed by atoms with E-state index in [4.69, 9.17) is 9.05 Å². The number of hydrogen-bond acceptors (Lipinski definition) is 6. The minimum atomic E-state index is -4.58. The molecular formula is C58H113N2O6P. The summed E-state index contributed by atoms with van der Waals surface area (Å²) in [5.41, 5.74) is 0. The molecule has 1 amide bonds. The van der Waals surface area contributed by atoms with Crippen molar-refractivity contribution in [1.29, 1.82) is 0 Å². The minimum absolute atomic E-state index is 0.00990. The SMILES string of the molecule is CC/C=C\C/C=C\C/C=C\CCCCCCCCCC(=O)NC(COP(=O)([O-])OCC[N+](C)(C)C)C(O)CCCCCCCCCCCCCCCCCCCCCCCCCCCCCC. The third-order valence-electron chi connectivity index (χ3n) is 13.1. The van der Waals surface area contributed by atoms with E-state index in [-0.39, 0.29) is 19.1 Å². The number of phosphoric ester groups is 1. The van der Waals surface area contributed by atoms with Crippen molar-refractivity contribution >= 4 is 13.7 Å². The van der Waals surface area contributed by atoms with Crippen LogP contribution in [0.4, 0.5) is 0 Å². The number of aliphatic hydroxyl groups excluding tert-OH is 1. The van der Waals surface area contributed by atoms with Crippen LogP contribution in [0.15, 0.2) is 36.5 Å².